The molecule has 6 rings (SSSR count). The van der Waals surface area contributed by atoms with Crippen molar-refractivity contribution in [1.82, 2.24) is 9.55 Å². The monoisotopic (exact) mass is 472 g/mol. The Morgan fingerprint density at radius 1 is 0.886 bits per heavy atom. The van der Waals surface area contributed by atoms with E-state index in [4.69, 9.17) is 4.42 Å². The molecule has 0 N–H and O–H groups in total. The molecule has 0 aliphatic heterocycles. The lowest BCUT2D eigenvalue weighted by Gasteiger charge is -2.08. The second kappa shape index (κ2) is 7.27. The number of aromatic nitrogens is 2. The molecule has 5 nitrogen and oxygen atoms in total. The summed E-state index contributed by atoms with van der Waals surface area (Å²) in [4.78, 5) is 30.3. The fraction of sp³-hybridized carbons (Fsp3) is 0.0741. The van der Waals surface area contributed by atoms with Crippen molar-refractivity contribution < 1.29 is 27.2 Å². The molecule has 0 saturated heterocycles. The van der Waals surface area contributed by atoms with Crippen LogP contribution in [0.25, 0.3) is 39.3 Å². The van der Waals surface area contributed by atoms with Gasteiger partial charge in [0.25, 0.3) is 0 Å². The SMILES string of the molecule is Cn1c(-c2ccc(C(F)(F)F)cc2)cc2oc(C=C3C(=O)c4cc5ccccc5cc4C3=O)nc21. The van der Waals surface area contributed by atoms with Crippen molar-refractivity contribution in [1.29, 1.82) is 0 Å². The van der Waals surface area contributed by atoms with E-state index in [1.807, 2.05) is 24.3 Å². The lowest BCUT2D eigenvalue weighted by molar-refractivity contribution is -0.137. The number of benzene rings is 3. The van der Waals surface area contributed by atoms with Crippen LogP contribution in [-0.4, -0.2) is 21.1 Å². The summed E-state index contributed by atoms with van der Waals surface area (Å²) in [7, 11) is 1.71. The third-order valence-electron chi connectivity index (χ3n) is 6.24. The van der Waals surface area contributed by atoms with Gasteiger partial charge in [-0.2, -0.15) is 18.2 Å². The van der Waals surface area contributed by atoms with Gasteiger partial charge in [0.15, 0.2) is 22.8 Å². The van der Waals surface area contributed by atoms with Gasteiger partial charge < -0.3 is 8.98 Å². The average molecular weight is 472 g/mol. The van der Waals surface area contributed by atoms with Crippen molar-refractivity contribution in [2.75, 3.05) is 0 Å². The van der Waals surface area contributed by atoms with Crippen LogP contribution in [0.2, 0.25) is 0 Å². The molecule has 8 heteroatoms. The van der Waals surface area contributed by atoms with E-state index in [9.17, 15) is 22.8 Å². The molecule has 0 fully saturated rings. The van der Waals surface area contributed by atoms with Gasteiger partial charge in [0.2, 0.25) is 5.89 Å². The van der Waals surface area contributed by atoms with Crippen molar-refractivity contribution in [2.24, 2.45) is 7.05 Å². The molecule has 0 saturated carbocycles. The smallest absolute Gasteiger partial charge is 0.416 e. The Morgan fingerprint density at radius 3 is 2.03 bits per heavy atom. The number of Topliss-reactive ketones (excluding diaryl/α,β-unsaturated/α-hetero) is 2. The fourth-order valence-corrected chi connectivity index (χ4v) is 4.44. The lowest BCUT2D eigenvalue weighted by Crippen LogP contribution is -2.04. The Kier molecular flexibility index (Phi) is 4.38. The highest BCUT2D eigenvalue weighted by molar-refractivity contribution is 6.42. The van der Waals surface area contributed by atoms with E-state index in [-0.39, 0.29) is 23.0 Å². The van der Waals surface area contributed by atoms with Gasteiger partial charge in [-0.25, -0.2) is 0 Å². The Hall–Kier alpha value is -4.46. The van der Waals surface area contributed by atoms with Gasteiger partial charge in [0.05, 0.1) is 16.8 Å². The first-order valence-electron chi connectivity index (χ1n) is 10.7. The van der Waals surface area contributed by atoms with E-state index in [1.165, 1.54) is 18.2 Å². The summed E-state index contributed by atoms with van der Waals surface area (Å²) in [5.41, 5.74) is 1.95. The van der Waals surface area contributed by atoms with Gasteiger partial charge >= 0.3 is 6.18 Å². The van der Waals surface area contributed by atoms with Crippen LogP contribution in [0.1, 0.15) is 32.2 Å². The number of hydrogen-bond acceptors (Lipinski definition) is 4. The number of ketones is 2. The maximum atomic E-state index is 13.0. The molecule has 2 aromatic heterocycles. The Bertz CT molecular complexity index is 1660. The van der Waals surface area contributed by atoms with Gasteiger partial charge in [-0.05, 0) is 40.6 Å². The van der Waals surface area contributed by atoms with E-state index in [0.717, 1.165) is 22.9 Å². The molecule has 0 spiro atoms. The second-order valence-corrected chi connectivity index (χ2v) is 8.36. The van der Waals surface area contributed by atoms with Gasteiger partial charge in [0.1, 0.15) is 0 Å². The zero-order valence-electron chi connectivity index (χ0n) is 18.2. The van der Waals surface area contributed by atoms with E-state index < -0.39 is 11.7 Å². The molecule has 35 heavy (non-hydrogen) atoms. The van der Waals surface area contributed by atoms with Crippen LogP contribution in [-0.2, 0) is 13.2 Å². The number of fused-ring (bicyclic) bond motifs is 3. The predicted molar refractivity (Wildman–Crippen MR) is 124 cm³/mol. The van der Waals surface area contributed by atoms with Crippen molar-refractivity contribution in [2.45, 2.75) is 6.18 Å². The maximum Gasteiger partial charge on any atom is 0.416 e. The van der Waals surface area contributed by atoms with Crippen LogP contribution in [0.5, 0.6) is 0 Å². The number of halogens is 3. The van der Waals surface area contributed by atoms with E-state index in [0.29, 0.717) is 33.6 Å². The first-order valence-corrected chi connectivity index (χ1v) is 10.7. The molecule has 0 unspecified atom stereocenters. The highest BCUT2D eigenvalue weighted by atomic mass is 19.4. The van der Waals surface area contributed by atoms with Crippen LogP contribution in [0.3, 0.4) is 0 Å². The summed E-state index contributed by atoms with van der Waals surface area (Å²) in [5.74, 6) is -0.675. The van der Waals surface area contributed by atoms with Crippen LogP contribution in [0.4, 0.5) is 13.2 Å². The lowest BCUT2D eigenvalue weighted by atomic mass is 10.0. The summed E-state index contributed by atoms with van der Waals surface area (Å²) >= 11 is 0. The number of allylic oxidation sites excluding steroid dienone is 1. The molecular weight excluding hydrogens is 457 g/mol. The average Bonchev–Trinajstić information content (AvgIpc) is 3.45. The van der Waals surface area contributed by atoms with Crippen LogP contribution >= 0.6 is 0 Å². The van der Waals surface area contributed by atoms with Gasteiger partial charge in [-0.1, -0.05) is 36.4 Å². The number of carbonyl (C=O) groups is 2. The first kappa shape index (κ1) is 21.1. The molecule has 2 heterocycles. The second-order valence-electron chi connectivity index (χ2n) is 8.36. The normalized spacial score (nSPS) is 13.8. The minimum Gasteiger partial charge on any atom is -0.435 e. The topological polar surface area (TPSA) is 65.1 Å². The van der Waals surface area contributed by atoms with Crippen molar-refractivity contribution in [3.63, 3.8) is 0 Å². The number of aryl methyl sites for hydroxylation is 1. The van der Waals surface area contributed by atoms with Crippen LogP contribution in [0.15, 0.2) is 76.7 Å². The zero-order chi connectivity index (χ0) is 24.5. The number of oxazole rings is 1. The van der Waals surface area contributed by atoms with Crippen molar-refractivity contribution in [3.8, 4) is 11.3 Å². The summed E-state index contributed by atoms with van der Waals surface area (Å²) < 4.78 is 46.0. The third-order valence-corrected chi connectivity index (χ3v) is 6.24. The molecule has 172 valence electrons. The number of carbonyl (C=O) groups excluding carboxylic acids is 2. The van der Waals surface area contributed by atoms with E-state index in [1.54, 1.807) is 29.8 Å². The fourth-order valence-electron chi connectivity index (χ4n) is 4.44. The molecule has 3 aromatic carbocycles. The molecule has 1 aliphatic rings. The molecule has 5 aromatic rings. The third kappa shape index (κ3) is 3.29. The number of alkyl halides is 3. The molecular formula is C27H15F3N2O3. The number of nitrogens with zero attached hydrogens (tertiary/aromatic N) is 2. The Morgan fingerprint density at radius 2 is 1.49 bits per heavy atom. The number of rotatable bonds is 2. The minimum absolute atomic E-state index is 0.0233. The molecule has 0 radical (unpaired) electrons. The molecule has 1 aliphatic carbocycles. The van der Waals surface area contributed by atoms with Crippen LogP contribution in [0, 0.1) is 0 Å². The maximum absolute atomic E-state index is 13.0. The zero-order valence-corrected chi connectivity index (χ0v) is 18.2. The summed E-state index contributed by atoms with van der Waals surface area (Å²) in [6.45, 7) is 0. The van der Waals surface area contributed by atoms with Crippen LogP contribution < -0.4 is 0 Å². The molecule has 0 amide bonds. The highest BCUT2D eigenvalue weighted by Gasteiger charge is 2.34. The largest absolute Gasteiger partial charge is 0.435 e. The first-order chi connectivity index (χ1) is 16.7. The Balaban J connectivity index is 1.36. The van der Waals surface area contributed by atoms with Gasteiger partial charge in [-0.3, -0.25) is 9.59 Å². The van der Waals surface area contributed by atoms with Crippen molar-refractivity contribution in [3.05, 3.63) is 94.9 Å². The summed E-state index contributed by atoms with van der Waals surface area (Å²) in [5, 5.41) is 1.73. The molecule has 0 atom stereocenters. The Labute approximate surface area is 196 Å². The molecule has 0 bridgehead atoms. The summed E-state index contributed by atoms with van der Waals surface area (Å²) in [6, 6.07) is 17.4. The van der Waals surface area contributed by atoms with E-state index in [2.05, 4.69) is 4.98 Å². The predicted octanol–water partition coefficient (Wildman–Crippen LogP) is 6.47. The van der Waals surface area contributed by atoms with Gasteiger partial charge in [-0.15, -0.1) is 0 Å². The quantitative estimate of drug-likeness (QED) is 0.218. The van der Waals surface area contributed by atoms with Gasteiger partial charge in [0, 0.05) is 30.3 Å². The highest BCUT2D eigenvalue weighted by Crippen LogP contribution is 2.34. The van der Waals surface area contributed by atoms with Crippen molar-refractivity contribution >= 4 is 39.6 Å². The summed E-state index contributed by atoms with van der Waals surface area (Å²) in [6.07, 6.45) is -3.07. The standard InChI is InChI=1S/C27H15F3N2O3/c1-32-21(14-6-8-17(9-7-14)27(28,29)30)13-22-26(32)31-23(35-22)12-20-24(33)18-10-15-4-2-3-5-16(15)11-19(18)25(20)34/h2-13H,1H3. The number of hydrogen-bond donors (Lipinski definition) is 0. The minimum atomic E-state index is -4.41. The van der Waals surface area contributed by atoms with E-state index >= 15 is 0 Å².